The van der Waals surface area contributed by atoms with E-state index < -0.39 is 7.25 Å². The molecule has 0 radical (unpaired) electrons. The van der Waals surface area contributed by atoms with E-state index in [-0.39, 0.29) is 0 Å². The summed E-state index contributed by atoms with van der Waals surface area (Å²) in [5.74, 6) is 0. The Morgan fingerprint density at radius 1 is 1.11 bits per heavy atom. The molecule has 0 spiro atoms. The molecule has 0 unspecified atom stereocenters. The number of halogens is 4. The third kappa shape index (κ3) is 3.75. The van der Waals surface area contributed by atoms with E-state index in [1.807, 2.05) is 0 Å². The van der Waals surface area contributed by atoms with Crippen LogP contribution in [0.4, 0.5) is 17.3 Å². The summed E-state index contributed by atoms with van der Waals surface area (Å²) in [6, 6.07) is 1.56. The zero-order valence-corrected chi connectivity index (χ0v) is 10.1. The first-order valence-corrected chi connectivity index (χ1v) is 6.38. The van der Waals surface area contributed by atoms with Crippen molar-refractivity contribution in [2.45, 2.75) is 50.6 Å². The lowest BCUT2D eigenvalue weighted by molar-refractivity contribution is -0.649. The second-order valence-corrected chi connectivity index (χ2v) is 4.93. The van der Waals surface area contributed by atoms with Crippen molar-refractivity contribution in [3.05, 3.63) is 12.2 Å². The number of hydrogen-bond acceptors (Lipinski definition) is 1. The van der Waals surface area contributed by atoms with Crippen LogP contribution in [0.1, 0.15) is 38.5 Å². The van der Waals surface area contributed by atoms with Crippen LogP contribution < -0.4 is 5.43 Å². The van der Waals surface area contributed by atoms with Crippen molar-refractivity contribution in [3.63, 3.8) is 0 Å². The number of nitrogens with one attached hydrogen (secondary N) is 1. The molecule has 0 aromatic heterocycles. The molecule has 2 aliphatic heterocycles. The minimum absolute atomic E-state index is 0.770. The average Bonchev–Trinajstić information content (AvgIpc) is 2.81. The maximum absolute atomic E-state index is 9.75. The van der Waals surface area contributed by atoms with E-state index >= 15 is 0 Å². The smallest absolute Gasteiger partial charge is 0.418 e. The van der Waals surface area contributed by atoms with Gasteiger partial charge in [0.15, 0.2) is 6.04 Å². The molecule has 0 aromatic carbocycles. The molecule has 0 atom stereocenters. The Morgan fingerprint density at radius 2 is 1.72 bits per heavy atom. The van der Waals surface area contributed by atoms with Gasteiger partial charge in [-0.1, -0.05) is 6.08 Å². The molecule has 18 heavy (non-hydrogen) atoms. The lowest BCUT2D eigenvalue weighted by Crippen LogP contribution is -2.55. The molecule has 2 nitrogen and oxygen atoms in total. The lowest BCUT2D eigenvalue weighted by atomic mass is 9.89. The second-order valence-electron chi connectivity index (χ2n) is 4.93. The first-order valence-electron chi connectivity index (χ1n) is 6.38. The zero-order chi connectivity index (χ0) is 13.2. The number of nitrogens with zero attached hydrogens (tertiary/aromatic N) is 1. The molecule has 2 saturated heterocycles. The van der Waals surface area contributed by atoms with Crippen molar-refractivity contribution in [1.82, 2.24) is 5.43 Å². The van der Waals surface area contributed by atoms with Crippen LogP contribution in [-0.4, -0.2) is 29.7 Å². The minimum atomic E-state index is -6.00. The molecule has 3 fully saturated rings. The number of hydrazine groups is 1. The van der Waals surface area contributed by atoms with Crippen LogP contribution in [-0.2, 0) is 0 Å². The standard InChI is InChI=1S/C11H17N2.BF4/c1-2-4-10(3-1)13-11-7-5-9(12-13)6-8-11;2-1(3,4)5/h1,3,9,11-12H,2,4-8H2;/q+1;-1/b13-10-;. The maximum atomic E-state index is 9.75. The molecular formula is C11H17BF4N2. The van der Waals surface area contributed by atoms with Crippen LogP contribution in [0, 0.1) is 0 Å². The maximum Gasteiger partial charge on any atom is 0.673 e. The summed E-state index contributed by atoms with van der Waals surface area (Å²) < 4.78 is 41.5. The third-order valence-corrected chi connectivity index (χ3v) is 3.57. The summed E-state index contributed by atoms with van der Waals surface area (Å²) in [5, 5.41) is 0. The summed E-state index contributed by atoms with van der Waals surface area (Å²) in [6.07, 6.45) is 12.6. The van der Waals surface area contributed by atoms with E-state index in [1.54, 1.807) is 0 Å². The van der Waals surface area contributed by atoms with Crippen LogP contribution in [0.15, 0.2) is 12.2 Å². The van der Waals surface area contributed by atoms with Gasteiger partial charge in [-0.3, -0.25) is 0 Å². The molecule has 0 amide bonds. The third-order valence-electron chi connectivity index (χ3n) is 3.57. The molecule has 1 N–H and O–H groups in total. The molecule has 102 valence electrons. The highest BCUT2D eigenvalue weighted by molar-refractivity contribution is 6.50. The fourth-order valence-corrected chi connectivity index (χ4v) is 2.82. The van der Waals surface area contributed by atoms with E-state index in [2.05, 4.69) is 22.3 Å². The number of hydrazone groups is 1. The van der Waals surface area contributed by atoms with Gasteiger partial charge in [0, 0.05) is 25.3 Å². The Morgan fingerprint density at radius 3 is 2.11 bits per heavy atom. The Bertz CT molecular complexity index is 351. The van der Waals surface area contributed by atoms with E-state index in [9.17, 15) is 17.3 Å². The van der Waals surface area contributed by atoms with Crippen molar-refractivity contribution in [1.29, 1.82) is 0 Å². The van der Waals surface area contributed by atoms with Crippen molar-refractivity contribution < 1.29 is 21.9 Å². The first kappa shape index (κ1) is 13.4. The van der Waals surface area contributed by atoms with E-state index in [1.165, 1.54) is 44.2 Å². The molecule has 2 bridgehead atoms. The SMILES string of the molecule is C1=C/C(=[N+]2/NC3CCC2CC3)CC1.F[B-](F)(F)F. The van der Waals surface area contributed by atoms with Gasteiger partial charge in [-0.2, -0.15) is 5.43 Å². The molecular weight excluding hydrogens is 247 g/mol. The number of hydrogen-bond donors (Lipinski definition) is 1. The predicted octanol–water partition coefficient (Wildman–Crippen LogP) is 2.92. The molecule has 2 aliphatic carbocycles. The van der Waals surface area contributed by atoms with Gasteiger partial charge in [-0.25, -0.2) is 0 Å². The predicted molar refractivity (Wildman–Crippen MR) is 63.0 cm³/mol. The van der Waals surface area contributed by atoms with Gasteiger partial charge < -0.3 is 17.3 Å². The van der Waals surface area contributed by atoms with Crippen LogP contribution in [0.2, 0.25) is 0 Å². The minimum Gasteiger partial charge on any atom is -0.418 e. The molecule has 0 aromatic rings. The summed E-state index contributed by atoms with van der Waals surface area (Å²) in [7, 11) is -6.00. The van der Waals surface area contributed by atoms with E-state index in [0.29, 0.717) is 0 Å². The van der Waals surface area contributed by atoms with Gasteiger partial charge in [0.05, 0.1) is 6.04 Å². The number of rotatable bonds is 0. The fourth-order valence-electron chi connectivity index (χ4n) is 2.82. The van der Waals surface area contributed by atoms with Crippen molar-refractivity contribution in [3.8, 4) is 0 Å². The highest BCUT2D eigenvalue weighted by Crippen LogP contribution is 2.26. The Kier molecular flexibility index (Phi) is 3.97. The fraction of sp³-hybridized carbons (Fsp3) is 0.727. The normalized spacial score (nSPS) is 34.0. The van der Waals surface area contributed by atoms with Crippen molar-refractivity contribution in [2.24, 2.45) is 0 Å². The Labute approximate surface area is 104 Å². The van der Waals surface area contributed by atoms with Crippen LogP contribution in [0.25, 0.3) is 0 Å². The first-order chi connectivity index (χ1) is 8.43. The second kappa shape index (κ2) is 5.32. The average molecular weight is 264 g/mol. The Balaban J connectivity index is 0.000000209. The van der Waals surface area contributed by atoms with Gasteiger partial charge in [-0.15, -0.1) is 4.68 Å². The highest BCUT2D eigenvalue weighted by Gasteiger charge is 2.38. The molecule has 7 heteroatoms. The molecule has 4 rings (SSSR count). The summed E-state index contributed by atoms with van der Waals surface area (Å²) in [6.45, 7) is 0. The van der Waals surface area contributed by atoms with Gasteiger partial charge in [0.1, 0.15) is 0 Å². The van der Waals surface area contributed by atoms with Gasteiger partial charge in [0.2, 0.25) is 5.71 Å². The largest absolute Gasteiger partial charge is 0.673 e. The summed E-state index contributed by atoms with van der Waals surface area (Å²) in [5.41, 5.74) is 5.16. The quantitative estimate of drug-likeness (QED) is 0.404. The van der Waals surface area contributed by atoms with Gasteiger partial charge >= 0.3 is 7.25 Å². The van der Waals surface area contributed by atoms with Gasteiger partial charge in [0.25, 0.3) is 0 Å². The van der Waals surface area contributed by atoms with Crippen LogP contribution >= 0.6 is 0 Å². The summed E-state index contributed by atoms with van der Waals surface area (Å²) >= 11 is 0. The van der Waals surface area contributed by atoms with Crippen molar-refractivity contribution in [2.75, 3.05) is 0 Å². The number of fused-ring (bicyclic) bond motifs is 3. The molecule has 4 aliphatic rings. The lowest BCUT2D eigenvalue weighted by Gasteiger charge is -2.34. The molecule has 2 heterocycles. The monoisotopic (exact) mass is 264 g/mol. The highest BCUT2D eigenvalue weighted by atomic mass is 19.5. The topological polar surface area (TPSA) is 15.0 Å². The number of allylic oxidation sites excluding steroid dienone is 2. The van der Waals surface area contributed by atoms with E-state index in [0.717, 1.165) is 12.1 Å². The zero-order valence-electron chi connectivity index (χ0n) is 10.1. The van der Waals surface area contributed by atoms with Crippen molar-refractivity contribution >= 4 is 13.0 Å². The van der Waals surface area contributed by atoms with E-state index in [4.69, 9.17) is 0 Å². The van der Waals surface area contributed by atoms with Crippen LogP contribution in [0.5, 0.6) is 0 Å². The Hall–Kier alpha value is -1.01. The van der Waals surface area contributed by atoms with Crippen LogP contribution in [0.3, 0.4) is 0 Å². The van der Waals surface area contributed by atoms with Gasteiger partial charge in [-0.05, 0) is 19.3 Å². The molecule has 1 saturated carbocycles. The summed E-state index contributed by atoms with van der Waals surface area (Å²) in [4.78, 5) is 0.